The highest BCUT2D eigenvalue weighted by Crippen LogP contribution is 2.31. The SMILES string of the molecule is CC(N)(c1ccccc1[N+](=O)[O-])C(F)F. The number of nitro groups is 1. The number of nitrogens with zero attached hydrogens (tertiary/aromatic N) is 1. The van der Waals surface area contributed by atoms with Crippen molar-refractivity contribution in [1.82, 2.24) is 0 Å². The smallest absolute Gasteiger partial charge is 0.274 e. The van der Waals surface area contributed by atoms with Crippen molar-refractivity contribution in [3.63, 3.8) is 0 Å². The first-order valence-electron chi connectivity index (χ1n) is 4.18. The molecule has 1 rings (SSSR count). The quantitative estimate of drug-likeness (QED) is 0.620. The van der Waals surface area contributed by atoms with Crippen LogP contribution >= 0.6 is 0 Å². The molecule has 82 valence electrons. The molecule has 2 N–H and O–H groups in total. The van der Waals surface area contributed by atoms with Crippen molar-refractivity contribution >= 4 is 5.69 Å². The van der Waals surface area contributed by atoms with Crippen LogP contribution in [0.3, 0.4) is 0 Å². The average molecular weight is 216 g/mol. The maximum atomic E-state index is 12.6. The summed E-state index contributed by atoms with van der Waals surface area (Å²) in [6.07, 6.45) is -2.86. The van der Waals surface area contributed by atoms with E-state index in [-0.39, 0.29) is 11.3 Å². The number of halogens is 2. The first-order valence-corrected chi connectivity index (χ1v) is 4.18. The van der Waals surface area contributed by atoms with Gasteiger partial charge in [0, 0.05) is 6.07 Å². The van der Waals surface area contributed by atoms with Gasteiger partial charge >= 0.3 is 0 Å². The van der Waals surface area contributed by atoms with Crippen LogP contribution in [0.4, 0.5) is 14.5 Å². The lowest BCUT2D eigenvalue weighted by molar-refractivity contribution is -0.386. The van der Waals surface area contributed by atoms with E-state index in [0.717, 1.165) is 13.0 Å². The minimum Gasteiger partial charge on any atom is -0.317 e. The second kappa shape index (κ2) is 3.90. The first kappa shape index (κ1) is 11.5. The number of hydrogen-bond acceptors (Lipinski definition) is 3. The van der Waals surface area contributed by atoms with Crippen LogP contribution in [0, 0.1) is 10.1 Å². The van der Waals surface area contributed by atoms with Crippen LogP contribution in [0.25, 0.3) is 0 Å². The van der Waals surface area contributed by atoms with Gasteiger partial charge in [0.1, 0.15) is 5.54 Å². The Morgan fingerprint density at radius 3 is 2.47 bits per heavy atom. The van der Waals surface area contributed by atoms with Crippen molar-refractivity contribution in [3.05, 3.63) is 39.9 Å². The molecule has 0 amide bonds. The number of benzene rings is 1. The molecule has 1 aromatic rings. The molecule has 6 heteroatoms. The van der Waals surface area contributed by atoms with Crippen molar-refractivity contribution in [2.45, 2.75) is 18.9 Å². The van der Waals surface area contributed by atoms with Crippen molar-refractivity contribution in [2.75, 3.05) is 0 Å². The summed E-state index contributed by atoms with van der Waals surface area (Å²) in [5, 5.41) is 10.6. The van der Waals surface area contributed by atoms with Gasteiger partial charge in [0.05, 0.1) is 10.5 Å². The van der Waals surface area contributed by atoms with Gasteiger partial charge in [-0.05, 0) is 6.92 Å². The molecule has 0 saturated heterocycles. The van der Waals surface area contributed by atoms with E-state index in [0.29, 0.717) is 0 Å². The molecule has 0 radical (unpaired) electrons. The zero-order valence-corrected chi connectivity index (χ0v) is 7.98. The molecule has 4 nitrogen and oxygen atoms in total. The van der Waals surface area contributed by atoms with Gasteiger partial charge in [-0.3, -0.25) is 10.1 Å². The highest BCUT2D eigenvalue weighted by Gasteiger charge is 2.37. The highest BCUT2D eigenvalue weighted by molar-refractivity contribution is 5.44. The lowest BCUT2D eigenvalue weighted by atomic mass is 9.92. The van der Waals surface area contributed by atoms with Gasteiger partial charge in [0.2, 0.25) is 0 Å². The molecule has 1 atom stereocenters. The number of alkyl halides is 2. The zero-order chi connectivity index (χ0) is 11.6. The molecule has 0 aliphatic carbocycles. The van der Waals surface area contributed by atoms with Gasteiger partial charge in [-0.25, -0.2) is 8.78 Å². The summed E-state index contributed by atoms with van der Waals surface area (Å²) in [6.45, 7) is 1.07. The maximum absolute atomic E-state index is 12.6. The monoisotopic (exact) mass is 216 g/mol. The second-order valence-corrected chi connectivity index (χ2v) is 3.36. The Kier molecular flexibility index (Phi) is 2.99. The average Bonchev–Trinajstić information content (AvgIpc) is 2.17. The number of hydrogen-bond donors (Lipinski definition) is 1. The van der Waals surface area contributed by atoms with Gasteiger partial charge in [-0.15, -0.1) is 0 Å². The van der Waals surface area contributed by atoms with Crippen LogP contribution in [0.1, 0.15) is 12.5 Å². The summed E-state index contributed by atoms with van der Waals surface area (Å²) < 4.78 is 25.2. The summed E-state index contributed by atoms with van der Waals surface area (Å²) in [5.74, 6) is 0. The van der Waals surface area contributed by atoms with E-state index in [9.17, 15) is 18.9 Å². The minimum absolute atomic E-state index is 0.162. The number of nitrogens with two attached hydrogens (primary N) is 1. The lowest BCUT2D eigenvalue weighted by Gasteiger charge is -2.23. The Labute approximate surface area is 84.9 Å². The topological polar surface area (TPSA) is 69.2 Å². The lowest BCUT2D eigenvalue weighted by Crippen LogP contribution is -2.41. The van der Waals surface area contributed by atoms with E-state index < -0.39 is 16.9 Å². The molecule has 0 saturated carbocycles. The van der Waals surface area contributed by atoms with E-state index in [1.807, 2.05) is 0 Å². The molecule has 0 fully saturated rings. The molecular weight excluding hydrogens is 206 g/mol. The van der Waals surface area contributed by atoms with Crippen molar-refractivity contribution in [2.24, 2.45) is 5.73 Å². The fourth-order valence-electron chi connectivity index (χ4n) is 1.21. The molecule has 0 aromatic heterocycles. The Bertz CT molecular complexity index is 380. The Hall–Kier alpha value is -1.56. The molecule has 15 heavy (non-hydrogen) atoms. The van der Waals surface area contributed by atoms with Crippen molar-refractivity contribution in [1.29, 1.82) is 0 Å². The highest BCUT2D eigenvalue weighted by atomic mass is 19.3. The van der Waals surface area contributed by atoms with Crippen LogP contribution in [-0.2, 0) is 5.54 Å². The zero-order valence-electron chi connectivity index (χ0n) is 7.98. The molecule has 0 aliphatic rings. The van der Waals surface area contributed by atoms with E-state index in [1.54, 1.807) is 0 Å². The fourth-order valence-corrected chi connectivity index (χ4v) is 1.21. The largest absolute Gasteiger partial charge is 0.317 e. The third-order valence-electron chi connectivity index (χ3n) is 2.13. The molecule has 0 bridgehead atoms. The molecule has 0 aliphatic heterocycles. The standard InChI is InChI=1S/C9H10F2N2O2/c1-9(12,8(10)11)6-4-2-3-5-7(6)13(14)15/h2-5,8H,12H2,1H3. The third kappa shape index (κ3) is 2.10. The van der Waals surface area contributed by atoms with Gasteiger partial charge in [0.25, 0.3) is 12.1 Å². The van der Waals surface area contributed by atoms with Crippen LogP contribution in [-0.4, -0.2) is 11.3 Å². The normalized spacial score (nSPS) is 15.0. The summed E-state index contributed by atoms with van der Waals surface area (Å²) in [5.41, 5.74) is 2.81. The van der Waals surface area contributed by atoms with Crippen molar-refractivity contribution in [3.8, 4) is 0 Å². The van der Waals surface area contributed by atoms with E-state index in [2.05, 4.69) is 0 Å². The van der Waals surface area contributed by atoms with Gasteiger partial charge in [-0.2, -0.15) is 0 Å². The Balaban J connectivity index is 3.31. The van der Waals surface area contributed by atoms with Gasteiger partial charge in [-0.1, -0.05) is 18.2 Å². The van der Waals surface area contributed by atoms with Crippen LogP contribution in [0.2, 0.25) is 0 Å². The maximum Gasteiger partial charge on any atom is 0.274 e. The third-order valence-corrected chi connectivity index (χ3v) is 2.13. The van der Waals surface area contributed by atoms with Gasteiger partial charge in [0.15, 0.2) is 0 Å². The number of rotatable bonds is 3. The summed E-state index contributed by atoms with van der Waals surface area (Å²) >= 11 is 0. The van der Waals surface area contributed by atoms with E-state index in [4.69, 9.17) is 5.73 Å². The van der Waals surface area contributed by atoms with E-state index in [1.165, 1.54) is 18.2 Å². The molecule has 0 spiro atoms. The van der Waals surface area contributed by atoms with E-state index >= 15 is 0 Å². The number of para-hydroxylation sites is 1. The van der Waals surface area contributed by atoms with Crippen LogP contribution in [0.15, 0.2) is 24.3 Å². The Morgan fingerprint density at radius 1 is 1.47 bits per heavy atom. The van der Waals surface area contributed by atoms with Gasteiger partial charge < -0.3 is 5.73 Å². The summed E-state index contributed by atoms with van der Waals surface area (Å²) in [7, 11) is 0. The first-order chi connectivity index (χ1) is 6.87. The molecular formula is C9H10F2N2O2. The fraction of sp³-hybridized carbons (Fsp3) is 0.333. The number of nitro benzene ring substituents is 1. The summed E-state index contributed by atoms with van der Waals surface area (Å²) in [4.78, 5) is 9.88. The minimum atomic E-state index is -2.86. The summed E-state index contributed by atoms with van der Waals surface area (Å²) in [6, 6.07) is 5.24. The van der Waals surface area contributed by atoms with Crippen LogP contribution in [0.5, 0.6) is 0 Å². The molecule has 1 unspecified atom stereocenters. The second-order valence-electron chi connectivity index (χ2n) is 3.36. The predicted octanol–water partition coefficient (Wildman–Crippen LogP) is 2.03. The molecule has 0 heterocycles. The molecule has 1 aromatic carbocycles. The van der Waals surface area contributed by atoms with Crippen LogP contribution < -0.4 is 5.73 Å². The predicted molar refractivity (Wildman–Crippen MR) is 50.6 cm³/mol. The van der Waals surface area contributed by atoms with Crippen molar-refractivity contribution < 1.29 is 13.7 Å². The Morgan fingerprint density at radius 2 is 2.00 bits per heavy atom.